The minimum absolute atomic E-state index is 0.890. The number of rotatable bonds is 6. The maximum atomic E-state index is 6.00. The highest BCUT2D eigenvalue weighted by atomic mass is 15.1. The van der Waals surface area contributed by atoms with Crippen molar-refractivity contribution in [1.29, 1.82) is 0 Å². The molecule has 0 heterocycles. The van der Waals surface area contributed by atoms with Crippen molar-refractivity contribution in [3.63, 3.8) is 0 Å². The van der Waals surface area contributed by atoms with E-state index in [-0.39, 0.29) is 0 Å². The van der Waals surface area contributed by atoms with Crippen LogP contribution in [0.1, 0.15) is 18.1 Å². The highest BCUT2D eigenvalue weighted by molar-refractivity contribution is 5.46. The normalized spacial score (nSPS) is 10.8. The average Bonchev–Trinajstić information content (AvgIpc) is 2.46. The standard InChI is InChI=1S/C17H22N2/c1-2-19(13-12-15-8-4-3-5-9-15)14-16-10-6-7-11-17(16)18/h3-11H,2,12-14,18H2,1H3. The summed E-state index contributed by atoms with van der Waals surface area (Å²) in [6.07, 6.45) is 1.08. The van der Waals surface area contributed by atoms with Crippen molar-refractivity contribution in [2.75, 3.05) is 18.8 Å². The van der Waals surface area contributed by atoms with E-state index in [2.05, 4.69) is 54.3 Å². The van der Waals surface area contributed by atoms with Crippen LogP contribution in [0.25, 0.3) is 0 Å². The van der Waals surface area contributed by atoms with Crippen LogP contribution in [0.15, 0.2) is 54.6 Å². The third kappa shape index (κ3) is 4.11. The Morgan fingerprint density at radius 2 is 1.63 bits per heavy atom. The molecule has 2 N–H and O–H groups in total. The molecule has 100 valence electrons. The van der Waals surface area contributed by atoms with Crippen LogP contribution in [0.4, 0.5) is 5.69 Å². The fourth-order valence-electron chi connectivity index (χ4n) is 2.20. The maximum absolute atomic E-state index is 6.00. The first-order valence-corrected chi connectivity index (χ1v) is 6.89. The molecule has 0 atom stereocenters. The van der Waals surface area contributed by atoms with E-state index in [4.69, 9.17) is 5.73 Å². The summed E-state index contributed by atoms with van der Waals surface area (Å²) in [4.78, 5) is 2.43. The summed E-state index contributed by atoms with van der Waals surface area (Å²) in [5.74, 6) is 0. The topological polar surface area (TPSA) is 29.3 Å². The van der Waals surface area contributed by atoms with E-state index in [0.29, 0.717) is 0 Å². The molecular weight excluding hydrogens is 232 g/mol. The smallest absolute Gasteiger partial charge is 0.0359 e. The minimum Gasteiger partial charge on any atom is -0.398 e. The Hall–Kier alpha value is -1.80. The highest BCUT2D eigenvalue weighted by Gasteiger charge is 2.06. The minimum atomic E-state index is 0.890. The molecule has 0 bridgehead atoms. The lowest BCUT2D eigenvalue weighted by atomic mass is 10.1. The van der Waals surface area contributed by atoms with Crippen molar-refractivity contribution in [1.82, 2.24) is 4.90 Å². The molecule has 0 radical (unpaired) electrons. The van der Waals surface area contributed by atoms with Crippen LogP contribution in [0.5, 0.6) is 0 Å². The van der Waals surface area contributed by atoms with Crippen molar-refractivity contribution in [2.24, 2.45) is 0 Å². The number of benzene rings is 2. The van der Waals surface area contributed by atoms with Crippen molar-refractivity contribution in [3.8, 4) is 0 Å². The number of likely N-dealkylation sites (N-methyl/N-ethyl adjacent to an activating group) is 1. The van der Waals surface area contributed by atoms with Crippen LogP contribution in [0.2, 0.25) is 0 Å². The van der Waals surface area contributed by atoms with Crippen LogP contribution in [-0.4, -0.2) is 18.0 Å². The van der Waals surface area contributed by atoms with Gasteiger partial charge in [0.1, 0.15) is 0 Å². The third-order valence-electron chi connectivity index (χ3n) is 3.46. The van der Waals surface area contributed by atoms with Gasteiger partial charge in [-0.2, -0.15) is 0 Å². The highest BCUT2D eigenvalue weighted by Crippen LogP contribution is 2.13. The Kier molecular flexibility index (Phi) is 4.99. The zero-order valence-electron chi connectivity index (χ0n) is 11.5. The molecule has 0 fully saturated rings. The largest absolute Gasteiger partial charge is 0.398 e. The maximum Gasteiger partial charge on any atom is 0.0359 e. The lowest BCUT2D eigenvalue weighted by Crippen LogP contribution is -2.25. The molecule has 0 aliphatic rings. The molecule has 2 aromatic rings. The Balaban J connectivity index is 1.92. The number of hydrogen-bond acceptors (Lipinski definition) is 2. The Morgan fingerprint density at radius 3 is 2.32 bits per heavy atom. The molecule has 19 heavy (non-hydrogen) atoms. The van der Waals surface area contributed by atoms with E-state index in [0.717, 1.165) is 31.7 Å². The van der Waals surface area contributed by atoms with Gasteiger partial charge in [0.25, 0.3) is 0 Å². The van der Waals surface area contributed by atoms with Crippen molar-refractivity contribution < 1.29 is 0 Å². The molecule has 0 spiro atoms. The van der Waals surface area contributed by atoms with E-state index < -0.39 is 0 Å². The summed E-state index contributed by atoms with van der Waals surface area (Å²) in [7, 11) is 0. The van der Waals surface area contributed by atoms with Crippen LogP contribution in [-0.2, 0) is 13.0 Å². The molecule has 2 rings (SSSR count). The lowest BCUT2D eigenvalue weighted by Gasteiger charge is -2.21. The molecule has 2 nitrogen and oxygen atoms in total. The number of hydrogen-bond donors (Lipinski definition) is 1. The predicted molar refractivity (Wildman–Crippen MR) is 82.0 cm³/mol. The van der Waals surface area contributed by atoms with E-state index in [1.165, 1.54) is 11.1 Å². The third-order valence-corrected chi connectivity index (χ3v) is 3.46. The molecule has 0 aliphatic heterocycles. The molecule has 0 aromatic heterocycles. The van der Waals surface area contributed by atoms with Crippen molar-refractivity contribution in [2.45, 2.75) is 19.9 Å². The predicted octanol–water partition coefficient (Wildman–Crippen LogP) is 3.33. The molecule has 0 unspecified atom stereocenters. The molecule has 0 saturated heterocycles. The second kappa shape index (κ2) is 6.95. The zero-order valence-corrected chi connectivity index (χ0v) is 11.5. The molecule has 0 saturated carbocycles. The van der Waals surface area contributed by atoms with Gasteiger partial charge in [0.2, 0.25) is 0 Å². The van der Waals surface area contributed by atoms with Gasteiger partial charge in [0, 0.05) is 18.8 Å². The van der Waals surface area contributed by atoms with Gasteiger partial charge >= 0.3 is 0 Å². The van der Waals surface area contributed by atoms with Crippen LogP contribution in [0.3, 0.4) is 0 Å². The van der Waals surface area contributed by atoms with Gasteiger partial charge < -0.3 is 5.73 Å². The van der Waals surface area contributed by atoms with Gasteiger partial charge in [-0.15, -0.1) is 0 Å². The van der Waals surface area contributed by atoms with Gasteiger partial charge in [-0.1, -0.05) is 55.5 Å². The summed E-state index contributed by atoms with van der Waals surface area (Å²) in [5, 5.41) is 0. The number of para-hydroxylation sites is 1. The molecular formula is C17H22N2. The Bertz CT molecular complexity index is 494. The number of nitrogen functional groups attached to an aromatic ring is 1. The Labute approximate surface area is 115 Å². The summed E-state index contributed by atoms with van der Waals surface area (Å²) in [6.45, 7) is 5.23. The fourth-order valence-corrected chi connectivity index (χ4v) is 2.20. The van der Waals surface area contributed by atoms with Crippen LogP contribution >= 0.6 is 0 Å². The summed E-state index contributed by atoms with van der Waals surface area (Å²) in [5.41, 5.74) is 9.50. The number of nitrogens with two attached hydrogens (primary N) is 1. The molecule has 2 aromatic carbocycles. The van der Waals surface area contributed by atoms with Crippen LogP contribution < -0.4 is 5.73 Å². The number of anilines is 1. The average molecular weight is 254 g/mol. The second-order valence-electron chi connectivity index (χ2n) is 4.80. The number of nitrogens with zero attached hydrogens (tertiary/aromatic N) is 1. The monoisotopic (exact) mass is 254 g/mol. The van der Waals surface area contributed by atoms with E-state index >= 15 is 0 Å². The quantitative estimate of drug-likeness (QED) is 0.801. The van der Waals surface area contributed by atoms with E-state index in [1.807, 2.05) is 12.1 Å². The zero-order chi connectivity index (χ0) is 13.5. The van der Waals surface area contributed by atoms with Crippen molar-refractivity contribution >= 4 is 5.69 Å². The summed E-state index contributed by atoms with van der Waals surface area (Å²) < 4.78 is 0. The summed E-state index contributed by atoms with van der Waals surface area (Å²) in [6, 6.07) is 18.7. The van der Waals surface area contributed by atoms with E-state index in [1.54, 1.807) is 0 Å². The molecule has 0 aliphatic carbocycles. The first-order valence-electron chi connectivity index (χ1n) is 6.89. The summed E-state index contributed by atoms with van der Waals surface area (Å²) >= 11 is 0. The molecule has 2 heteroatoms. The van der Waals surface area contributed by atoms with Crippen molar-refractivity contribution in [3.05, 3.63) is 65.7 Å². The van der Waals surface area contributed by atoms with Gasteiger partial charge in [-0.25, -0.2) is 0 Å². The van der Waals surface area contributed by atoms with Gasteiger partial charge in [0.05, 0.1) is 0 Å². The SMILES string of the molecule is CCN(CCc1ccccc1)Cc1ccccc1N. The van der Waals surface area contributed by atoms with Gasteiger partial charge in [-0.3, -0.25) is 4.90 Å². The van der Waals surface area contributed by atoms with Crippen LogP contribution in [0, 0.1) is 0 Å². The first-order chi connectivity index (χ1) is 9.29. The lowest BCUT2D eigenvalue weighted by molar-refractivity contribution is 0.284. The first kappa shape index (κ1) is 13.6. The molecule has 0 amide bonds. The second-order valence-corrected chi connectivity index (χ2v) is 4.80. The van der Waals surface area contributed by atoms with Gasteiger partial charge in [-0.05, 0) is 30.2 Å². The van der Waals surface area contributed by atoms with E-state index in [9.17, 15) is 0 Å². The van der Waals surface area contributed by atoms with Gasteiger partial charge in [0.15, 0.2) is 0 Å². The fraction of sp³-hybridized carbons (Fsp3) is 0.294. The Morgan fingerprint density at radius 1 is 0.947 bits per heavy atom.